The molecule has 0 spiro atoms. The van der Waals surface area contributed by atoms with Crippen molar-refractivity contribution in [2.75, 3.05) is 25.7 Å². The predicted octanol–water partition coefficient (Wildman–Crippen LogP) is 0.871. The summed E-state index contributed by atoms with van der Waals surface area (Å²) >= 11 is 0. The van der Waals surface area contributed by atoms with Gasteiger partial charge in [0.05, 0.1) is 19.8 Å². The molecule has 3 rings (SSSR count). The van der Waals surface area contributed by atoms with E-state index < -0.39 is 11.9 Å². The van der Waals surface area contributed by atoms with E-state index in [4.69, 9.17) is 22.3 Å². The summed E-state index contributed by atoms with van der Waals surface area (Å²) in [6.07, 6.45) is 0. The molecule has 31 heavy (non-hydrogen) atoms. The molecule has 0 aliphatic carbocycles. The Balaban J connectivity index is 0.000000233. The zero-order chi connectivity index (χ0) is 23.3. The van der Waals surface area contributed by atoms with Gasteiger partial charge in [0.25, 0.3) is 0 Å². The van der Waals surface area contributed by atoms with Gasteiger partial charge in [-0.25, -0.2) is 19.4 Å². The van der Waals surface area contributed by atoms with Gasteiger partial charge in [0.2, 0.25) is 5.95 Å². The molecule has 1 atom stereocenters. The van der Waals surface area contributed by atoms with Crippen molar-refractivity contribution in [1.29, 1.82) is 0 Å². The third-order valence-corrected chi connectivity index (χ3v) is 4.12. The Morgan fingerprint density at radius 1 is 1.03 bits per heavy atom. The first-order chi connectivity index (χ1) is 14.6. The number of rotatable bonds is 4. The van der Waals surface area contributed by atoms with Crippen LogP contribution in [0.1, 0.15) is 49.9 Å². The van der Waals surface area contributed by atoms with Crippen molar-refractivity contribution in [2.24, 2.45) is 5.73 Å². The number of aromatic carboxylic acids is 1. The van der Waals surface area contributed by atoms with Crippen molar-refractivity contribution in [3.8, 4) is 0 Å². The summed E-state index contributed by atoms with van der Waals surface area (Å²) in [6.45, 7) is 1.90. The molecule has 7 N–H and O–H groups in total. The van der Waals surface area contributed by atoms with Gasteiger partial charge in [-0.15, -0.1) is 0 Å². The first kappa shape index (κ1) is 23.1. The molecule has 0 amide bonds. The highest BCUT2D eigenvalue weighted by Gasteiger charge is 2.21. The monoisotopic (exact) mass is 430 g/mol. The molecular weight excluding hydrogens is 408 g/mol. The Labute approximate surface area is 176 Å². The van der Waals surface area contributed by atoms with Crippen LogP contribution in [0.15, 0.2) is 30.3 Å². The fourth-order valence-electron chi connectivity index (χ4n) is 2.54. The number of aromatic nitrogens is 3. The van der Waals surface area contributed by atoms with Gasteiger partial charge in [-0.05, 0) is 24.6 Å². The molecule has 164 valence electrons. The van der Waals surface area contributed by atoms with E-state index >= 15 is 0 Å². The van der Waals surface area contributed by atoms with E-state index in [-0.39, 0.29) is 40.8 Å². The number of nitrogen functional groups attached to an aromatic ring is 2. The molecule has 12 nitrogen and oxygen atoms in total. The zero-order valence-corrected chi connectivity index (χ0v) is 17.0. The van der Waals surface area contributed by atoms with E-state index in [0.717, 1.165) is 23.1 Å². The molecule has 0 saturated carbocycles. The lowest BCUT2D eigenvalue weighted by atomic mass is 10.1. The van der Waals surface area contributed by atoms with Crippen LogP contribution in [0.4, 0.5) is 11.8 Å². The molecule has 0 aliphatic heterocycles. The van der Waals surface area contributed by atoms with E-state index in [2.05, 4.69) is 19.4 Å². The quantitative estimate of drug-likeness (QED) is 0.428. The number of hydrogen-bond donors (Lipinski definition) is 4. The number of ether oxygens (including phenoxy) is 2. The number of imidazole rings is 1. The lowest BCUT2D eigenvalue weighted by Crippen LogP contribution is -2.14. The number of carbonyl (C=O) groups is 3. The molecule has 12 heteroatoms. The second-order valence-electron chi connectivity index (χ2n) is 6.24. The van der Waals surface area contributed by atoms with Crippen LogP contribution < -0.4 is 17.2 Å². The standard InChI is InChI=1S/C10H13NO2.C9H9N5O4/c1-7(11)8-3-5-9(6-4-8)10(12)13-2;1-18-8(17)4-2-3(7(15)16)12-6-5(10)13-9(11)14(4)6/h3-7H,11H2,1-2H3;2H,10H2,1H3,(H2,11,13)(H,15,16)/t7-;/m0./s1. The minimum atomic E-state index is -1.30. The smallest absolute Gasteiger partial charge is 0.355 e. The number of carboxylic acid groups (broad SMARTS) is 1. The minimum absolute atomic E-state index is 0.00667. The Morgan fingerprint density at radius 3 is 2.10 bits per heavy atom. The molecule has 2 heterocycles. The molecular formula is C19H22N6O6. The molecule has 2 aromatic heterocycles. The number of fused-ring (bicyclic) bond motifs is 1. The number of esters is 2. The number of benzene rings is 1. The SMILES string of the molecule is COC(=O)c1cc(C(=O)O)nc2c(N)nc(N)n12.COC(=O)c1ccc([C@H](C)N)cc1. The largest absolute Gasteiger partial charge is 0.477 e. The highest BCUT2D eigenvalue weighted by Crippen LogP contribution is 2.19. The topological polar surface area (TPSA) is 198 Å². The number of methoxy groups -OCH3 is 2. The van der Waals surface area contributed by atoms with Crippen LogP contribution in [-0.2, 0) is 9.47 Å². The number of carbonyl (C=O) groups excluding carboxylic acids is 2. The van der Waals surface area contributed by atoms with Crippen molar-refractivity contribution < 1.29 is 29.0 Å². The number of nitrogens with zero attached hydrogens (tertiary/aromatic N) is 3. The second-order valence-corrected chi connectivity index (χ2v) is 6.24. The zero-order valence-electron chi connectivity index (χ0n) is 17.0. The average molecular weight is 430 g/mol. The van der Waals surface area contributed by atoms with Crippen LogP contribution in [0.5, 0.6) is 0 Å². The van der Waals surface area contributed by atoms with E-state index in [1.807, 2.05) is 19.1 Å². The lowest BCUT2D eigenvalue weighted by molar-refractivity contribution is 0.0586. The summed E-state index contributed by atoms with van der Waals surface area (Å²) in [4.78, 5) is 41.0. The summed E-state index contributed by atoms with van der Waals surface area (Å²) in [5, 5.41) is 8.90. The molecule has 0 bridgehead atoms. The van der Waals surface area contributed by atoms with Crippen molar-refractivity contribution in [1.82, 2.24) is 14.4 Å². The minimum Gasteiger partial charge on any atom is -0.477 e. The number of hydrogen-bond acceptors (Lipinski definition) is 10. The summed E-state index contributed by atoms with van der Waals surface area (Å²) < 4.78 is 10.2. The summed E-state index contributed by atoms with van der Waals surface area (Å²) in [6, 6.07) is 8.12. The predicted molar refractivity (Wildman–Crippen MR) is 110 cm³/mol. The van der Waals surface area contributed by atoms with Gasteiger partial charge in [-0.2, -0.15) is 4.98 Å². The van der Waals surface area contributed by atoms with Crippen LogP contribution in [0.2, 0.25) is 0 Å². The maximum absolute atomic E-state index is 11.6. The van der Waals surface area contributed by atoms with Gasteiger partial charge >= 0.3 is 17.9 Å². The van der Waals surface area contributed by atoms with Crippen LogP contribution in [0, 0.1) is 0 Å². The van der Waals surface area contributed by atoms with Crippen molar-refractivity contribution in [2.45, 2.75) is 13.0 Å². The molecule has 0 unspecified atom stereocenters. The number of carboxylic acids is 1. The Morgan fingerprint density at radius 2 is 1.61 bits per heavy atom. The number of nitrogens with two attached hydrogens (primary N) is 3. The first-order valence-corrected chi connectivity index (χ1v) is 8.80. The Hall–Kier alpha value is -4.19. The van der Waals surface area contributed by atoms with E-state index in [0.29, 0.717) is 5.56 Å². The van der Waals surface area contributed by atoms with E-state index in [1.165, 1.54) is 7.11 Å². The number of anilines is 2. The molecule has 0 aliphatic rings. The normalized spacial score (nSPS) is 11.2. The molecule has 3 aromatic rings. The molecule has 0 fully saturated rings. The third kappa shape index (κ3) is 5.05. The summed E-state index contributed by atoms with van der Waals surface area (Å²) in [5.41, 5.74) is 17.9. The van der Waals surface area contributed by atoms with E-state index in [9.17, 15) is 14.4 Å². The fraction of sp³-hybridized carbons (Fsp3) is 0.211. The van der Waals surface area contributed by atoms with E-state index in [1.54, 1.807) is 12.1 Å². The van der Waals surface area contributed by atoms with Gasteiger partial charge in [0, 0.05) is 12.1 Å². The van der Waals surface area contributed by atoms with Gasteiger partial charge in [-0.3, -0.25) is 4.40 Å². The highest BCUT2D eigenvalue weighted by molar-refractivity contribution is 5.94. The van der Waals surface area contributed by atoms with Crippen LogP contribution >= 0.6 is 0 Å². The van der Waals surface area contributed by atoms with Gasteiger partial charge in [-0.1, -0.05) is 12.1 Å². The van der Waals surface area contributed by atoms with Crippen molar-refractivity contribution >= 4 is 35.3 Å². The van der Waals surface area contributed by atoms with Gasteiger partial charge in [0.15, 0.2) is 17.2 Å². The lowest BCUT2D eigenvalue weighted by Gasteiger charge is -2.05. The van der Waals surface area contributed by atoms with Gasteiger partial charge in [0.1, 0.15) is 5.69 Å². The summed E-state index contributed by atoms with van der Waals surface area (Å²) in [5.74, 6) is -2.54. The Kier molecular flexibility index (Phi) is 7.11. The second kappa shape index (κ2) is 9.54. The maximum Gasteiger partial charge on any atom is 0.355 e. The van der Waals surface area contributed by atoms with Crippen molar-refractivity contribution in [3.05, 3.63) is 52.8 Å². The van der Waals surface area contributed by atoms with Crippen LogP contribution in [0.25, 0.3) is 5.65 Å². The summed E-state index contributed by atoms with van der Waals surface area (Å²) in [7, 11) is 2.52. The van der Waals surface area contributed by atoms with Crippen molar-refractivity contribution in [3.63, 3.8) is 0 Å². The average Bonchev–Trinajstić information content (AvgIpc) is 3.05. The highest BCUT2D eigenvalue weighted by atomic mass is 16.5. The maximum atomic E-state index is 11.6. The first-order valence-electron chi connectivity index (χ1n) is 8.80. The molecule has 0 radical (unpaired) electrons. The van der Waals surface area contributed by atoms with Crippen LogP contribution in [0.3, 0.4) is 0 Å². The van der Waals surface area contributed by atoms with Gasteiger partial charge < -0.3 is 31.8 Å². The molecule has 0 saturated heterocycles. The Bertz CT molecular complexity index is 1120. The molecule has 1 aromatic carbocycles. The van der Waals surface area contributed by atoms with Crippen LogP contribution in [-0.4, -0.2) is 51.6 Å². The third-order valence-electron chi connectivity index (χ3n) is 4.12. The fourth-order valence-corrected chi connectivity index (χ4v) is 2.54.